The van der Waals surface area contributed by atoms with Crippen LogP contribution >= 0.6 is 47.8 Å². The highest BCUT2D eigenvalue weighted by Gasteiger charge is 2.15. The Bertz CT molecular complexity index is 801. The van der Waals surface area contributed by atoms with Crippen molar-refractivity contribution in [3.63, 3.8) is 0 Å². The van der Waals surface area contributed by atoms with Gasteiger partial charge in [0.2, 0.25) is 0 Å². The first-order chi connectivity index (χ1) is 11.8. The average molecular weight is 536 g/mol. The second-order valence-corrected chi connectivity index (χ2v) is 7.63. The molecule has 2 rings (SSSR count). The molecule has 5 nitrogen and oxygen atoms in total. The Morgan fingerprint density at radius 3 is 2.36 bits per heavy atom. The first-order valence-electron chi connectivity index (χ1n) is 7.08. The fourth-order valence-corrected chi connectivity index (χ4v) is 4.58. The number of nitrogens with one attached hydrogen (secondary N) is 1. The van der Waals surface area contributed by atoms with E-state index in [1.807, 2.05) is 12.1 Å². The minimum Gasteiger partial charge on any atom is -0.481 e. The van der Waals surface area contributed by atoms with Gasteiger partial charge in [-0.2, -0.15) is 0 Å². The highest BCUT2D eigenvalue weighted by atomic mass is 79.9. The molecule has 1 N–H and O–H groups in total. The molecular weight excluding hydrogens is 522 g/mol. The van der Waals surface area contributed by atoms with Gasteiger partial charge in [-0.15, -0.1) is 0 Å². The van der Waals surface area contributed by atoms with Crippen LogP contribution in [-0.2, 0) is 9.53 Å². The molecule has 0 bridgehead atoms. The highest BCUT2D eigenvalue weighted by Crippen LogP contribution is 2.36. The molecule has 0 radical (unpaired) electrons. The predicted octanol–water partition coefficient (Wildman–Crippen LogP) is 5.09. The zero-order chi connectivity index (χ0) is 18.6. The molecule has 0 saturated heterocycles. The molecular formula is C17H14Br3NO4. The monoisotopic (exact) mass is 533 g/mol. The number of benzene rings is 2. The molecule has 0 aliphatic heterocycles. The summed E-state index contributed by atoms with van der Waals surface area (Å²) in [6, 6.07) is 8.68. The number of halogens is 3. The van der Waals surface area contributed by atoms with E-state index in [2.05, 4.69) is 53.1 Å². The van der Waals surface area contributed by atoms with Crippen LogP contribution < -0.4 is 10.1 Å². The first-order valence-corrected chi connectivity index (χ1v) is 9.46. The number of ether oxygens (including phenoxy) is 2. The quantitative estimate of drug-likeness (QED) is 0.542. The fourth-order valence-electron chi connectivity index (χ4n) is 2.09. The smallest absolute Gasteiger partial charge is 0.338 e. The van der Waals surface area contributed by atoms with Crippen LogP contribution in [0, 0.1) is 6.92 Å². The molecule has 1 amide bonds. The van der Waals surface area contributed by atoms with E-state index in [1.165, 1.54) is 7.11 Å². The van der Waals surface area contributed by atoms with Crippen LogP contribution in [0.1, 0.15) is 15.9 Å². The second kappa shape index (κ2) is 8.82. The Morgan fingerprint density at radius 2 is 1.76 bits per heavy atom. The van der Waals surface area contributed by atoms with Gasteiger partial charge in [-0.05, 0) is 68.6 Å². The van der Waals surface area contributed by atoms with Crippen molar-refractivity contribution >= 4 is 65.4 Å². The molecule has 0 aliphatic carbocycles. The lowest BCUT2D eigenvalue weighted by atomic mass is 10.1. The lowest BCUT2D eigenvalue weighted by Gasteiger charge is -2.13. The van der Waals surface area contributed by atoms with E-state index in [1.54, 1.807) is 25.1 Å². The zero-order valence-corrected chi connectivity index (χ0v) is 18.1. The van der Waals surface area contributed by atoms with E-state index in [-0.39, 0.29) is 12.5 Å². The van der Waals surface area contributed by atoms with Crippen molar-refractivity contribution in [2.24, 2.45) is 0 Å². The average Bonchev–Trinajstić information content (AvgIpc) is 2.55. The Morgan fingerprint density at radius 1 is 1.12 bits per heavy atom. The van der Waals surface area contributed by atoms with Gasteiger partial charge >= 0.3 is 5.97 Å². The summed E-state index contributed by atoms with van der Waals surface area (Å²) in [6.07, 6.45) is 0. The molecule has 132 valence electrons. The molecule has 0 saturated carbocycles. The topological polar surface area (TPSA) is 64.6 Å². The van der Waals surface area contributed by atoms with E-state index >= 15 is 0 Å². The number of hydrogen-bond acceptors (Lipinski definition) is 4. The standard InChI is InChI=1S/C17H14Br3NO4/c1-9-11(17(23)24-2)4-3-5-14(9)21-15(22)8-25-16-12(19)6-10(18)7-13(16)20/h3-7H,8H2,1-2H3,(H,21,22). The Labute approximate surface area is 170 Å². The van der Waals surface area contributed by atoms with E-state index in [4.69, 9.17) is 9.47 Å². The normalized spacial score (nSPS) is 10.3. The maximum atomic E-state index is 12.2. The van der Waals surface area contributed by atoms with E-state index in [0.717, 1.165) is 4.47 Å². The highest BCUT2D eigenvalue weighted by molar-refractivity contribution is 9.11. The third-order valence-electron chi connectivity index (χ3n) is 3.32. The van der Waals surface area contributed by atoms with Crippen molar-refractivity contribution in [2.45, 2.75) is 6.92 Å². The largest absolute Gasteiger partial charge is 0.481 e. The van der Waals surface area contributed by atoms with Crippen LogP contribution in [0.5, 0.6) is 5.75 Å². The second-order valence-electron chi connectivity index (χ2n) is 5.01. The lowest BCUT2D eigenvalue weighted by molar-refractivity contribution is -0.118. The van der Waals surface area contributed by atoms with Gasteiger partial charge < -0.3 is 14.8 Å². The number of amides is 1. The summed E-state index contributed by atoms with van der Waals surface area (Å²) in [5.74, 6) is -0.266. The molecule has 0 unspecified atom stereocenters. The summed E-state index contributed by atoms with van der Waals surface area (Å²) in [6.45, 7) is 1.56. The van der Waals surface area contributed by atoms with Gasteiger partial charge in [0, 0.05) is 10.2 Å². The molecule has 0 aliphatic rings. The van der Waals surface area contributed by atoms with Gasteiger partial charge in [0.05, 0.1) is 21.6 Å². The van der Waals surface area contributed by atoms with Gasteiger partial charge in [-0.3, -0.25) is 4.79 Å². The number of carbonyl (C=O) groups is 2. The zero-order valence-electron chi connectivity index (χ0n) is 13.4. The fraction of sp³-hybridized carbons (Fsp3) is 0.176. The number of rotatable bonds is 5. The van der Waals surface area contributed by atoms with E-state index in [9.17, 15) is 9.59 Å². The maximum absolute atomic E-state index is 12.2. The summed E-state index contributed by atoms with van der Waals surface area (Å²) < 4.78 is 12.6. The third kappa shape index (κ3) is 5.05. The van der Waals surface area contributed by atoms with Gasteiger partial charge in [-0.25, -0.2) is 4.79 Å². The number of carbonyl (C=O) groups excluding carboxylic acids is 2. The minimum atomic E-state index is -0.451. The van der Waals surface area contributed by atoms with Crippen molar-refractivity contribution in [2.75, 3.05) is 19.0 Å². The lowest BCUT2D eigenvalue weighted by Crippen LogP contribution is -2.21. The van der Waals surface area contributed by atoms with Gasteiger partial charge in [0.15, 0.2) is 6.61 Å². The summed E-state index contributed by atoms with van der Waals surface area (Å²) in [7, 11) is 1.31. The number of anilines is 1. The molecule has 0 fully saturated rings. The van der Waals surface area contributed by atoms with Crippen LogP contribution in [0.2, 0.25) is 0 Å². The first kappa shape index (κ1) is 19.9. The SMILES string of the molecule is COC(=O)c1cccc(NC(=O)COc2c(Br)cc(Br)cc2Br)c1C. The Kier molecular flexibility index (Phi) is 7.04. The predicted molar refractivity (Wildman–Crippen MR) is 106 cm³/mol. The van der Waals surface area contributed by atoms with Crippen molar-refractivity contribution in [3.05, 3.63) is 54.9 Å². The molecule has 0 heterocycles. The van der Waals surface area contributed by atoms with Gasteiger partial charge in [0.1, 0.15) is 5.75 Å². The molecule has 8 heteroatoms. The minimum absolute atomic E-state index is 0.180. The van der Waals surface area contributed by atoms with Crippen molar-refractivity contribution in [3.8, 4) is 5.75 Å². The van der Waals surface area contributed by atoms with Crippen LogP contribution in [0.4, 0.5) is 5.69 Å². The summed E-state index contributed by atoms with van der Waals surface area (Å²) in [4.78, 5) is 23.9. The molecule has 0 atom stereocenters. The van der Waals surface area contributed by atoms with Gasteiger partial charge in [0.25, 0.3) is 5.91 Å². The van der Waals surface area contributed by atoms with E-state index in [0.29, 0.717) is 31.5 Å². The summed E-state index contributed by atoms with van der Waals surface area (Å²) in [5, 5.41) is 2.74. The molecule has 2 aromatic carbocycles. The maximum Gasteiger partial charge on any atom is 0.338 e. The number of esters is 1. The molecule has 25 heavy (non-hydrogen) atoms. The van der Waals surface area contributed by atoms with Crippen molar-refractivity contribution in [1.29, 1.82) is 0 Å². The van der Waals surface area contributed by atoms with Gasteiger partial charge in [-0.1, -0.05) is 22.0 Å². The molecule has 0 spiro atoms. The summed E-state index contributed by atoms with van der Waals surface area (Å²) in [5.41, 5.74) is 1.57. The Hall–Kier alpha value is -1.38. The van der Waals surface area contributed by atoms with Crippen LogP contribution in [-0.4, -0.2) is 25.6 Å². The molecule has 0 aromatic heterocycles. The Balaban J connectivity index is 2.08. The van der Waals surface area contributed by atoms with Crippen LogP contribution in [0.15, 0.2) is 43.7 Å². The third-order valence-corrected chi connectivity index (χ3v) is 4.96. The van der Waals surface area contributed by atoms with E-state index < -0.39 is 5.97 Å². The number of methoxy groups -OCH3 is 1. The summed E-state index contributed by atoms with van der Waals surface area (Å²) >= 11 is 10.2. The van der Waals surface area contributed by atoms with Crippen LogP contribution in [0.3, 0.4) is 0 Å². The molecule has 2 aromatic rings. The van der Waals surface area contributed by atoms with Crippen molar-refractivity contribution in [1.82, 2.24) is 0 Å². The van der Waals surface area contributed by atoms with Crippen molar-refractivity contribution < 1.29 is 19.1 Å². The van der Waals surface area contributed by atoms with Crippen LogP contribution in [0.25, 0.3) is 0 Å². The number of hydrogen-bond donors (Lipinski definition) is 1.